The third-order valence-corrected chi connectivity index (χ3v) is 2.95. The molecule has 0 radical (unpaired) electrons. The van der Waals surface area contributed by atoms with Crippen molar-refractivity contribution in [2.45, 2.75) is 37.8 Å². The molecule has 2 rings (SSSR count). The van der Waals surface area contributed by atoms with Gasteiger partial charge < -0.3 is 0 Å². The Balaban J connectivity index is 1.76. The average molecular weight is 166 g/mol. The van der Waals surface area contributed by atoms with Gasteiger partial charge in [0, 0.05) is 24.0 Å². The Labute approximate surface area is 72.2 Å². The molecule has 1 heterocycles. The van der Waals surface area contributed by atoms with Crippen molar-refractivity contribution in [2.24, 2.45) is 5.11 Å². The highest BCUT2D eigenvalue weighted by molar-refractivity contribution is 4.91. The van der Waals surface area contributed by atoms with Crippen LogP contribution in [-0.4, -0.2) is 30.1 Å². The Morgan fingerprint density at radius 1 is 1.25 bits per heavy atom. The number of hydrogen-bond acceptors (Lipinski definition) is 2. The standard InChI is InChI=1S/C8H14N4/c9-11-10-7-5-12(6-7)8-3-1-2-4-8/h7-8H,1-6H2. The van der Waals surface area contributed by atoms with Crippen molar-refractivity contribution in [1.82, 2.24) is 4.90 Å². The minimum Gasteiger partial charge on any atom is -0.299 e. The number of azide groups is 1. The number of hydrogen-bond donors (Lipinski definition) is 0. The van der Waals surface area contributed by atoms with Crippen LogP contribution in [0.5, 0.6) is 0 Å². The smallest absolute Gasteiger partial charge is 0.0628 e. The fourth-order valence-corrected chi connectivity index (χ4v) is 2.20. The van der Waals surface area contributed by atoms with Crippen molar-refractivity contribution in [3.63, 3.8) is 0 Å². The lowest BCUT2D eigenvalue weighted by molar-refractivity contribution is 0.0971. The Morgan fingerprint density at radius 3 is 2.50 bits per heavy atom. The van der Waals surface area contributed by atoms with E-state index < -0.39 is 0 Å². The first kappa shape index (κ1) is 7.90. The van der Waals surface area contributed by atoms with Crippen LogP contribution in [0.15, 0.2) is 5.11 Å². The minimum atomic E-state index is 0.260. The van der Waals surface area contributed by atoms with E-state index in [0.717, 1.165) is 19.1 Å². The van der Waals surface area contributed by atoms with E-state index in [1.165, 1.54) is 25.7 Å². The lowest BCUT2D eigenvalue weighted by Gasteiger charge is -2.41. The molecule has 66 valence electrons. The topological polar surface area (TPSA) is 52.0 Å². The summed E-state index contributed by atoms with van der Waals surface area (Å²) < 4.78 is 0. The lowest BCUT2D eigenvalue weighted by Crippen LogP contribution is -2.53. The zero-order chi connectivity index (χ0) is 8.39. The largest absolute Gasteiger partial charge is 0.299 e. The summed E-state index contributed by atoms with van der Waals surface area (Å²) in [6, 6.07) is 1.06. The summed E-state index contributed by atoms with van der Waals surface area (Å²) in [5.41, 5.74) is 8.19. The molecule has 4 nitrogen and oxygen atoms in total. The van der Waals surface area contributed by atoms with Gasteiger partial charge in [-0.25, -0.2) is 0 Å². The van der Waals surface area contributed by atoms with E-state index >= 15 is 0 Å². The highest BCUT2D eigenvalue weighted by Crippen LogP contribution is 2.27. The molecule has 1 saturated carbocycles. The first-order valence-electron chi connectivity index (χ1n) is 4.68. The number of likely N-dealkylation sites (tertiary alicyclic amines) is 1. The summed E-state index contributed by atoms with van der Waals surface area (Å²) in [5, 5.41) is 3.69. The highest BCUT2D eigenvalue weighted by atomic mass is 15.3. The van der Waals surface area contributed by atoms with Crippen LogP contribution >= 0.6 is 0 Å². The molecule has 0 aromatic carbocycles. The van der Waals surface area contributed by atoms with Crippen LogP contribution in [0.2, 0.25) is 0 Å². The maximum atomic E-state index is 8.19. The first-order valence-corrected chi connectivity index (χ1v) is 4.68. The van der Waals surface area contributed by atoms with Crippen molar-refractivity contribution in [3.05, 3.63) is 10.4 Å². The van der Waals surface area contributed by atoms with Crippen LogP contribution in [-0.2, 0) is 0 Å². The molecule has 0 bridgehead atoms. The SMILES string of the molecule is [N-]=[N+]=NC1CN(C2CCCC2)C1. The Kier molecular flexibility index (Phi) is 2.19. The molecule has 0 atom stereocenters. The van der Waals surface area contributed by atoms with Crippen molar-refractivity contribution in [3.8, 4) is 0 Å². The van der Waals surface area contributed by atoms with E-state index in [1.54, 1.807) is 0 Å². The summed E-state index contributed by atoms with van der Waals surface area (Å²) in [6.07, 6.45) is 5.46. The summed E-state index contributed by atoms with van der Waals surface area (Å²) in [5.74, 6) is 0. The fraction of sp³-hybridized carbons (Fsp3) is 1.00. The Morgan fingerprint density at radius 2 is 1.92 bits per heavy atom. The predicted molar refractivity (Wildman–Crippen MR) is 46.8 cm³/mol. The first-order chi connectivity index (χ1) is 5.90. The van der Waals surface area contributed by atoms with Gasteiger partial charge in [-0.15, -0.1) is 0 Å². The van der Waals surface area contributed by atoms with Gasteiger partial charge in [-0.2, -0.15) is 0 Å². The van der Waals surface area contributed by atoms with Crippen molar-refractivity contribution < 1.29 is 0 Å². The van der Waals surface area contributed by atoms with E-state index in [0.29, 0.717) is 0 Å². The molecule has 1 aliphatic carbocycles. The second kappa shape index (κ2) is 3.33. The molecular formula is C8H14N4. The number of rotatable bonds is 2. The van der Waals surface area contributed by atoms with Crippen molar-refractivity contribution in [1.29, 1.82) is 0 Å². The van der Waals surface area contributed by atoms with Gasteiger partial charge in [0.15, 0.2) is 0 Å². The minimum absolute atomic E-state index is 0.260. The lowest BCUT2D eigenvalue weighted by atomic mass is 10.1. The molecule has 2 aliphatic rings. The summed E-state index contributed by atoms with van der Waals surface area (Å²) in [6.45, 7) is 1.99. The monoisotopic (exact) mass is 166 g/mol. The molecule has 4 heteroatoms. The van der Waals surface area contributed by atoms with Crippen LogP contribution in [0.1, 0.15) is 25.7 Å². The van der Waals surface area contributed by atoms with Gasteiger partial charge in [-0.05, 0) is 18.4 Å². The average Bonchev–Trinajstić information content (AvgIpc) is 2.47. The van der Waals surface area contributed by atoms with Gasteiger partial charge in [-0.3, -0.25) is 4.90 Å². The summed E-state index contributed by atoms with van der Waals surface area (Å²) in [7, 11) is 0. The molecule has 12 heavy (non-hydrogen) atoms. The van der Waals surface area contributed by atoms with E-state index in [2.05, 4.69) is 14.9 Å². The third kappa shape index (κ3) is 1.40. The molecule has 1 aliphatic heterocycles. The van der Waals surface area contributed by atoms with Gasteiger partial charge in [0.25, 0.3) is 0 Å². The van der Waals surface area contributed by atoms with E-state index in [9.17, 15) is 0 Å². The van der Waals surface area contributed by atoms with Gasteiger partial charge >= 0.3 is 0 Å². The maximum absolute atomic E-state index is 8.19. The van der Waals surface area contributed by atoms with Gasteiger partial charge in [0.05, 0.1) is 6.04 Å². The van der Waals surface area contributed by atoms with Gasteiger partial charge in [-0.1, -0.05) is 18.0 Å². The van der Waals surface area contributed by atoms with E-state index in [-0.39, 0.29) is 6.04 Å². The second-order valence-corrected chi connectivity index (χ2v) is 3.75. The normalized spacial score (nSPS) is 26.7. The molecular weight excluding hydrogens is 152 g/mol. The highest BCUT2D eigenvalue weighted by Gasteiger charge is 2.32. The predicted octanol–water partition coefficient (Wildman–Crippen LogP) is 1.92. The summed E-state index contributed by atoms with van der Waals surface area (Å²) >= 11 is 0. The molecule has 0 unspecified atom stereocenters. The van der Waals surface area contributed by atoms with Crippen LogP contribution < -0.4 is 0 Å². The van der Waals surface area contributed by atoms with E-state index in [4.69, 9.17) is 5.53 Å². The molecule has 0 amide bonds. The molecule has 2 fully saturated rings. The zero-order valence-corrected chi connectivity index (χ0v) is 7.19. The Bertz CT molecular complexity index is 197. The zero-order valence-electron chi connectivity index (χ0n) is 7.19. The van der Waals surface area contributed by atoms with Crippen LogP contribution in [0, 0.1) is 0 Å². The molecule has 0 spiro atoms. The van der Waals surface area contributed by atoms with Crippen LogP contribution in [0.25, 0.3) is 10.4 Å². The molecule has 1 saturated heterocycles. The van der Waals surface area contributed by atoms with Gasteiger partial charge in [0.2, 0.25) is 0 Å². The Hall–Kier alpha value is -0.730. The van der Waals surface area contributed by atoms with Gasteiger partial charge in [0.1, 0.15) is 0 Å². The maximum Gasteiger partial charge on any atom is 0.0628 e. The fourth-order valence-electron chi connectivity index (χ4n) is 2.20. The second-order valence-electron chi connectivity index (χ2n) is 3.75. The van der Waals surface area contributed by atoms with Crippen LogP contribution in [0.3, 0.4) is 0 Å². The van der Waals surface area contributed by atoms with Crippen molar-refractivity contribution >= 4 is 0 Å². The molecule has 0 aromatic rings. The van der Waals surface area contributed by atoms with E-state index in [1.807, 2.05) is 0 Å². The quantitative estimate of drug-likeness (QED) is 0.351. The number of nitrogens with zero attached hydrogens (tertiary/aromatic N) is 4. The molecule has 0 aromatic heterocycles. The summed E-state index contributed by atoms with van der Waals surface area (Å²) in [4.78, 5) is 5.27. The molecule has 0 N–H and O–H groups in total. The van der Waals surface area contributed by atoms with Crippen LogP contribution in [0.4, 0.5) is 0 Å². The van der Waals surface area contributed by atoms with Crippen molar-refractivity contribution in [2.75, 3.05) is 13.1 Å². The third-order valence-electron chi connectivity index (χ3n) is 2.95.